The van der Waals surface area contributed by atoms with E-state index in [2.05, 4.69) is 97.3 Å². The highest BCUT2D eigenvalue weighted by Crippen LogP contribution is 2.44. The van der Waals surface area contributed by atoms with Gasteiger partial charge in [-0.25, -0.2) is 9.97 Å². The molecule has 3 heterocycles. The fourth-order valence-corrected chi connectivity index (χ4v) is 5.74. The zero-order chi connectivity index (χ0) is 20.9. The summed E-state index contributed by atoms with van der Waals surface area (Å²) in [6.07, 6.45) is 0. The zero-order valence-electron chi connectivity index (χ0n) is 17.5. The first-order chi connectivity index (χ1) is 15.2. The van der Waals surface area contributed by atoms with E-state index in [0.717, 1.165) is 28.4 Å². The average Bonchev–Trinajstić information content (AvgIpc) is 3.37. The van der Waals surface area contributed by atoms with Gasteiger partial charge in [0.2, 0.25) is 0 Å². The molecule has 0 aliphatic heterocycles. The van der Waals surface area contributed by atoms with Crippen LogP contribution in [0, 0.1) is 6.92 Å². The molecule has 6 aromatic rings. The molecule has 0 saturated heterocycles. The summed E-state index contributed by atoms with van der Waals surface area (Å²) < 4.78 is 3.56. The summed E-state index contributed by atoms with van der Waals surface area (Å²) in [5.74, 6) is 1.02. The summed E-state index contributed by atoms with van der Waals surface area (Å²) >= 11 is 1.77. The number of pyridine rings is 1. The Hall–Kier alpha value is -3.50. The van der Waals surface area contributed by atoms with Crippen LogP contribution in [-0.4, -0.2) is 14.5 Å². The van der Waals surface area contributed by atoms with Crippen LogP contribution in [0.5, 0.6) is 0 Å². The number of benzene rings is 3. The highest BCUT2D eigenvalue weighted by Gasteiger charge is 2.20. The van der Waals surface area contributed by atoms with Crippen LogP contribution in [0.15, 0.2) is 78.9 Å². The fraction of sp³-hybridized carbons (Fsp3) is 0.111. The van der Waals surface area contributed by atoms with Crippen molar-refractivity contribution in [3.05, 3.63) is 84.6 Å². The van der Waals surface area contributed by atoms with Gasteiger partial charge in [0.15, 0.2) is 0 Å². The molecule has 4 heteroatoms. The Morgan fingerprint density at radius 1 is 0.806 bits per heavy atom. The first-order valence-electron chi connectivity index (χ1n) is 10.6. The summed E-state index contributed by atoms with van der Waals surface area (Å²) in [7, 11) is 0. The third-order valence-electron chi connectivity index (χ3n) is 5.92. The van der Waals surface area contributed by atoms with E-state index < -0.39 is 0 Å². The van der Waals surface area contributed by atoms with Gasteiger partial charge in [0.25, 0.3) is 0 Å². The maximum Gasteiger partial charge on any atom is 0.142 e. The van der Waals surface area contributed by atoms with Gasteiger partial charge in [0, 0.05) is 33.3 Å². The number of fused-ring (bicyclic) bond motifs is 4. The van der Waals surface area contributed by atoms with Gasteiger partial charge in [0.1, 0.15) is 10.7 Å². The van der Waals surface area contributed by atoms with E-state index in [1.165, 1.54) is 37.7 Å². The van der Waals surface area contributed by atoms with E-state index in [1.807, 2.05) is 0 Å². The maximum absolute atomic E-state index is 5.04. The van der Waals surface area contributed by atoms with Gasteiger partial charge in [0.05, 0.1) is 11.0 Å². The number of nitrogens with zero attached hydrogens (tertiary/aromatic N) is 3. The molecular weight excluding hydrogens is 398 g/mol. The van der Waals surface area contributed by atoms with Crippen molar-refractivity contribution in [1.29, 1.82) is 0 Å². The van der Waals surface area contributed by atoms with Crippen LogP contribution in [0.25, 0.3) is 53.9 Å². The third kappa shape index (κ3) is 2.79. The van der Waals surface area contributed by atoms with Crippen molar-refractivity contribution in [2.45, 2.75) is 20.4 Å². The van der Waals surface area contributed by atoms with Crippen LogP contribution in [-0.2, 0) is 6.54 Å². The van der Waals surface area contributed by atoms with Crippen molar-refractivity contribution in [3.63, 3.8) is 0 Å². The van der Waals surface area contributed by atoms with Crippen molar-refractivity contribution < 1.29 is 0 Å². The molecule has 0 N–H and O–H groups in total. The summed E-state index contributed by atoms with van der Waals surface area (Å²) in [6, 6.07) is 27.8. The van der Waals surface area contributed by atoms with Crippen molar-refractivity contribution in [1.82, 2.24) is 14.5 Å². The minimum Gasteiger partial charge on any atom is -0.324 e. The van der Waals surface area contributed by atoms with Crippen LogP contribution >= 0.6 is 11.3 Å². The standard InChI is InChI=1S/C27H21N3S/c1-3-30-23-12-8-7-11-22(23)29-26(30)21-16-15-19(18-9-5-4-6-10-18)24-20-14-13-17(2)28-27(20)31-25(21)24/h4-16H,3H2,1-2H3. The lowest BCUT2D eigenvalue weighted by atomic mass is 9.97. The maximum atomic E-state index is 5.04. The Morgan fingerprint density at radius 3 is 2.42 bits per heavy atom. The molecular formula is C27H21N3S. The SMILES string of the molecule is CCn1c(-c2ccc(-c3ccccc3)c3c2sc2nc(C)ccc23)nc2ccccc21. The third-order valence-corrected chi connectivity index (χ3v) is 7.05. The van der Waals surface area contributed by atoms with E-state index in [4.69, 9.17) is 9.97 Å². The Balaban J connectivity index is 1.74. The molecule has 0 amide bonds. The van der Waals surface area contributed by atoms with Crippen LogP contribution in [0.3, 0.4) is 0 Å². The van der Waals surface area contributed by atoms with Gasteiger partial charge >= 0.3 is 0 Å². The normalized spacial score (nSPS) is 11.7. The molecule has 3 aromatic heterocycles. The number of imidazole rings is 1. The van der Waals surface area contributed by atoms with Crippen molar-refractivity contribution in [3.8, 4) is 22.5 Å². The van der Waals surface area contributed by atoms with Gasteiger partial charge in [-0.2, -0.15) is 0 Å². The van der Waals surface area contributed by atoms with Gasteiger partial charge in [-0.05, 0) is 55.3 Å². The van der Waals surface area contributed by atoms with E-state index >= 15 is 0 Å². The second-order valence-electron chi connectivity index (χ2n) is 7.81. The first kappa shape index (κ1) is 18.3. The zero-order valence-corrected chi connectivity index (χ0v) is 18.3. The number of para-hydroxylation sites is 2. The quantitative estimate of drug-likeness (QED) is 0.298. The number of rotatable bonds is 3. The van der Waals surface area contributed by atoms with Crippen LogP contribution in [0.1, 0.15) is 12.6 Å². The molecule has 3 aromatic carbocycles. The number of thiophene rings is 1. The monoisotopic (exact) mass is 419 g/mol. The Kier molecular flexibility index (Phi) is 4.15. The Labute approximate surface area is 184 Å². The predicted molar refractivity (Wildman–Crippen MR) is 132 cm³/mol. The van der Waals surface area contributed by atoms with Crippen LogP contribution < -0.4 is 0 Å². The smallest absolute Gasteiger partial charge is 0.142 e. The highest BCUT2D eigenvalue weighted by molar-refractivity contribution is 7.26. The molecule has 3 nitrogen and oxygen atoms in total. The molecule has 0 bridgehead atoms. The van der Waals surface area contributed by atoms with E-state index in [1.54, 1.807) is 11.3 Å². The summed E-state index contributed by atoms with van der Waals surface area (Å²) in [5, 5.41) is 2.48. The van der Waals surface area contributed by atoms with Gasteiger partial charge < -0.3 is 4.57 Å². The Bertz CT molecular complexity index is 1570. The average molecular weight is 420 g/mol. The molecule has 0 fully saturated rings. The Morgan fingerprint density at radius 2 is 1.58 bits per heavy atom. The van der Waals surface area contributed by atoms with E-state index in [-0.39, 0.29) is 0 Å². The molecule has 0 aliphatic carbocycles. The number of hydrogen-bond donors (Lipinski definition) is 0. The molecule has 0 aliphatic rings. The first-order valence-corrected chi connectivity index (χ1v) is 11.4. The number of aromatic nitrogens is 3. The molecule has 6 rings (SSSR count). The molecule has 150 valence electrons. The fourth-order valence-electron chi connectivity index (χ4n) is 4.49. The molecule has 0 unspecified atom stereocenters. The summed E-state index contributed by atoms with van der Waals surface area (Å²) in [4.78, 5) is 11.0. The molecule has 0 atom stereocenters. The predicted octanol–water partition coefficient (Wildman–Crippen LogP) is 7.46. The van der Waals surface area contributed by atoms with Crippen LogP contribution in [0.2, 0.25) is 0 Å². The minimum atomic E-state index is 0.875. The second-order valence-corrected chi connectivity index (χ2v) is 8.81. The van der Waals surface area contributed by atoms with E-state index in [9.17, 15) is 0 Å². The van der Waals surface area contributed by atoms with Crippen molar-refractivity contribution in [2.75, 3.05) is 0 Å². The van der Waals surface area contributed by atoms with Gasteiger partial charge in [-0.3, -0.25) is 0 Å². The summed E-state index contributed by atoms with van der Waals surface area (Å²) in [6.45, 7) is 5.11. The lowest BCUT2D eigenvalue weighted by Gasteiger charge is -2.10. The van der Waals surface area contributed by atoms with Crippen molar-refractivity contribution in [2.24, 2.45) is 0 Å². The molecule has 0 saturated carbocycles. The highest BCUT2D eigenvalue weighted by atomic mass is 32.1. The molecule has 0 spiro atoms. The second kappa shape index (κ2) is 7.03. The van der Waals surface area contributed by atoms with Gasteiger partial charge in [-0.15, -0.1) is 11.3 Å². The van der Waals surface area contributed by atoms with Crippen molar-refractivity contribution >= 4 is 42.7 Å². The molecule has 31 heavy (non-hydrogen) atoms. The number of aryl methyl sites for hydroxylation is 2. The largest absolute Gasteiger partial charge is 0.324 e. The lowest BCUT2D eigenvalue weighted by Crippen LogP contribution is -1.97. The lowest BCUT2D eigenvalue weighted by molar-refractivity contribution is 0.797. The summed E-state index contributed by atoms with van der Waals surface area (Å²) in [5.41, 5.74) is 6.90. The van der Waals surface area contributed by atoms with E-state index in [0.29, 0.717) is 0 Å². The topological polar surface area (TPSA) is 30.7 Å². The molecule has 0 radical (unpaired) electrons. The minimum absolute atomic E-state index is 0.875. The van der Waals surface area contributed by atoms with Crippen LogP contribution in [0.4, 0.5) is 0 Å². The van der Waals surface area contributed by atoms with Gasteiger partial charge in [-0.1, -0.05) is 48.5 Å². The number of hydrogen-bond acceptors (Lipinski definition) is 3.